The lowest BCUT2D eigenvalue weighted by Crippen LogP contribution is -2.38. The summed E-state index contributed by atoms with van der Waals surface area (Å²) in [5.74, 6) is 1.91. The van der Waals surface area contributed by atoms with E-state index in [9.17, 15) is 0 Å². The zero-order chi connectivity index (χ0) is 14.2. The molecular weight excluding hydrogens is 270 g/mol. The summed E-state index contributed by atoms with van der Waals surface area (Å²) in [6.45, 7) is 4.55. The molecule has 2 aromatic rings. The van der Waals surface area contributed by atoms with Crippen LogP contribution in [-0.2, 0) is 13.0 Å². The van der Waals surface area contributed by atoms with Gasteiger partial charge in [0.2, 0.25) is 0 Å². The Morgan fingerprint density at radius 2 is 2.35 bits per heavy atom. The van der Waals surface area contributed by atoms with E-state index in [4.69, 9.17) is 4.42 Å². The lowest BCUT2D eigenvalue weighted by atomic mass is 10.3. The summed E-state index contributed by atoms with van der Waals surface area (Å²) in [4.78, 5) is 6.79. The fourth-order valence-electron chi connectivity index (χ4n) is 1.93. The molecule has 0 unspecified atom stereocenters. The monoisotopic (exact) mass is 291 g/mol. The molecule has 1 N–H and O–H groups in total. The van der Waals surface area contributed by atoms with E-state index in [-0.39, 0.29) is 0 Å². The molecule has 0 saturated carbocycles. The molecule has 2 heterocycles. The number of thiophene rings is 1. The number of aliphatic imine (C=N–C) groups is 1. The van der Waals surface area contributed by atoms with Crippen molar-refractivity contribution in [2.45, 2.75) is 19.9 Å². The van der Waals surface area contributed by atoms with E-state index in [1.807, 2.05) is 12.1 Å². The van der Waals surface area contributed by atoms with Gasteiger partial charge in [-0.05, 0) is 41.4 Å². The third-order valence-corrected chi connectivity index (χ3v) is 3.63. The predicted molar refractivity (Wildman–Crippen MR) is 84.2 cm³/mol. The molecule has 0 aliphatic rings. The lowest BCUT2D eigenvalue weighted by molar-refractivity contribution is 0.475. The predicted octanol–water partition coefficient (Wildman–Crippen LogP) is 2.98. The summed E-state index contributed by atoms with van der Waals surface area (Å²) in [6.07, 6.45) is 2.53. The molecule has 20 heavy (non-hydrogen) atoms. The third kappa shape index (κ3) is 4.42. The highest BCUT2D eigenvalue weighted by Crippen LogP contribution is 2.08. The number of hydrogen-bond donors (Lipinski definition) is 1. The van der Waals surface area contributed by atoms with Crippen LogP contribution in [0.25, 0.3) is 0 Å². The first-order chi connectivity index (χ1) is 9.79. The Morgan fingerprint density at radius 1 is 1.45 bits per heavy atom. The Morgan fingerprint density at radius 3 is 3.00 bits per heavy atom. The van der Waals surface area contributed by atoms with E-state index < -0.39 is 0 Å². The van der Waals surface area contributed by atoms with Crippen LogP contribution >= 0.6 is 11.3 Å². The standard InChI is InChI=1S/C15H21N3OS/c1-3-16-15(17-8-6-14-5-4-9-19-14)18(2)11-13-7-10-20-12-13/h4-5,7,9-10,12H,3,6,8,11H2,1-2H3,(H,16,17). The van der Waals surface area contributed by atoms with Crippen LogP contribution in [0.2, 0.25) is 0 Å². The van der Waals surface area contributed by atoms with Crippen molar-refractivity contribution in [2.24, 2.45) is 4.99 Å². The SMILES string of the molecule is CCNC(=NCCc1ccco1)N(C)Cc1ccsc1. The van der Waals surface area contributed by atoms with Gasteiger partial charge < -0.3 is 14.6 Å². The van der Waals surface area contributed by atoms with Crippen molar-refractivity contribution in [2.75, 3.05) is 20.1 Å². The first-order valence-corrected chi connectivity index (χ1v) is 7.76. The lowest BCUT2D eigenvalue weighted by Gasteiger charge is -2.21. The van der Waals surface area contributed by atoms with Crippen LogP contribution < -0.4 is 5.32 Å². The van der Waals surface area contributed by atoms with Crippen molar-refractivity contribution in [3.63, 3.8) is 0 Å². The topological polar surface area (TPSA) is 40.8 Å². The van der Waals surface area contributed by atoms with Gasteiger partial charge in [-0.3, -0.25) is 4.99 Å². The first kappa shape index (κ1) is 14.7. The van der Waals surface area contributed by atoms with Gasteiger partial charge in [0, 0.05) is 33.1 Å². The number of guanidine groups is 1. The number of furan rings is 1. The minimum atomic E-state index is 0.726. The Hall–Kier alpha value is -1.75. The molecule has 2 aromatic heterocycles. The van der Waals surface area contributed by atoms with E-state index in [2.05, 4.69) is 46.0 Å². The molecule has 2 rings (SSSR count). The molecule has 4 nitrogen and oxygen atoms in total. The second kappa shape index (κ2) is 7.75. The van der Waals surface area contributed by atoms with Gasteiger partial charge in [-0.15, -0.1) is 0 Å². The molecule has 108 valence electrons. The summed E-state index contributed by atoms with van der Waals surface area (Å²) < 4.78 is 5.32. The minimum Gasteiger partial charge on any atom is -0.469 e. The van der Waals surface area contributed by atoms with E-state index >= 15 is 0 Å². The van der Waals surface area contributed by atoms with Crippen LogP contribution in [0.15, 0.2) is 44.6 Å². The molecule has 5 heteroatoms. The first-order valence-electron chi connectivity index (χ1n) is 6.82. The van der Waals surface area contributed by atoms with Crippen molar-refractivity contribution < 1.29 is 4.42 Å². The van der Waals surface area contributed by atoms with Crippen LogP contribution in [0, 0.1) is 0 Å². The Kier molecular flexibility index (Phi) is 5.68. The number of rotatable bonds is 6. The summed E-state index contributed by atoms with van der Waals surface area (Å²) in [7, 11) is 2.06. The molecule has 0 bridgehead atoms. The van der Waals surface area contributed by atoms with Gasteiger partial charge >= 0.3 is 0 Å². The minimum absolute atomic E-state index is 0.726. The van der Waals surface area contributed by atoms with E-state index in [1.54, 1.807) is 17.6 Å². The number of nitrogens with one attached hydrogen (secondary N) is 1. The number of hydrogen-bond acceptors (Lipinski definition) is 3. The normalized spacial score (nSPS) is 11.6. The quantitative estimate of drug-likeness (QED) is 0.657. The van der Waals surface area contributed by atoms with Crippen molar-refractivity contribution in [1.82, 2.24) is 10.2 Å². The summed E-state index contributed by atoms with van der Waals surface area (Å²) >= 11 is 1.72. The van der Waals surface area contributed by atoms with E-state index in [0.29, 0.717) is 0 Å². The smallest absolute Gasteiger partial charge is 0.193 e. The largest absolute Gasteiger partial charge is 0.469 e. The van der Waals surface area contributed by atoms with Crippen molar-refractivity contribution in [1.29, 1.82) is 0 Å². The van der Waals surface area contributed by atoms with Crippen LogP contribution in [0.4, 0.5) is 0 Å². The zero-order valence-electron chi connectivity index (χ0n) is 12.0. The maximum Gasteiger partial charge on any atom is 0.193 e. The number of nitrogens with zero attached hydrogens (tertiary/aromatic N) is 2. The van der Waals surface area contributed by atoms with Gasteiger partial charge in [0.1, 0.15) is 5.76 Å². The van der Waals surface area contributed by atoms with E-state index in [1.165, 1.54) is 5.56 Å². The Balaban J connectivity index is 1.90. The van der Waals surface area contributed by atoms with Gasteiger partial charge in [0.05, 0.1) is 6.26 Å². The van der Waals surface area contributed by atoms with Gasteiger partial charge in [0.25, 0.3) is 0 Å². The second-order valence-corrected chi connectivity index (χ2v) is 5.33. The summed E-state index contributed by atoms with van der Waals surface area (Å²) in [5, 5.41) is 7.59. The molecule has 0 spiro atoms. The molecule has 0 aliphatic carbocycles. The molecule has 0 amide bonds. The van der Waals surface area contributed by atoms with Crippen molar-refractivity contribution in [3.05, 3.63) is 46.5 Å². The Bertz CT molecular complexity index is 505. The van der Waals surface area contributed by atoms with Gasteiger partial charge in [-0.25, -0.2) is 0 Å². The molecule has 0 atom stereocenters. The maximum atomic E-state index is 5.32. The van der Waals surface area contributed by atoms with E-state index in [0.717, 1.165) is 37.8 Å². The van der Waals surface area contributed by atoms with Crippen molar-refractivity contribution in [3.8, 4) is 0 Å². The highest BCUT2D eigenvalue weighted by atomic mass is 32.1. The summed E-state index contributed by atoms with van der Waals surface area (Å²) in [6, 6.07) is 6.04. The van der Waals surface area contributed by atoms with Crippen LogP contribution in [0.3, 0.4) is 0 Å². The Labute approximate surface area is 124 Å². The van der Waals surface area contributed by atoms with Crippen LogP contribution in [0.5, 0.6) is 0 Å². The fraction of sp³-hybridized carbons (Fsp3) is 0.400. The molecule has 0 aromatic carbocycles. The zero-order valence-corrected chi connectivity index (χ0v) is 12.8. The molecule has 0 radical (unpaired) electrons. The van der Waals surface area contributed by atoms with Gasteiger partial charge in [-0.2, -0.15) is 11.3 Å². The van der Waals surface area contributed by atoms with Crippen LogP contribution in [-0.4, -0.2) is 31.0 Å². The maximum absolute atomic E-state index is 5.32. The van der Waals surface area contributed by atoms with Gasteiger partial charge in [0.15, 0.2) is 5.96 Å². The summed E-state index contributed by atoms with van der Waals surface area (Å²) in [5.41, 5.74) is 1.31. The molecular formula is C15H21N3OS. The van der Waals surface area contributed by atoms with Crippen molar-refractivity contribution >= 4 is 17.3 Å². The average Bonchev–Trinajstić information content (AvgIpc) is 3.10. The molecule has 0 saturated heterocycles. The van der Waals surface area contributed by atoms with Crippen LogP contribution in [0.1, 0.15) is 18.2 Å². The second-order valence-electron chi connectivity index (χ2n) is 4.55. The molecule has 0 fully saturated rings. The third-order valence-electron chi connectivity index (χ3n) is 2.90. The molecule has 0 aliphatic heterocycles. The van der Waals surface area contributed by atoms with Gasteiger partial charge in [-0.1, -0.05) is 0 Å². The highest BCUT2D eigenvalue weighted by Gasteiger charge is 2.06. The highest BCUT2D eigenvalue weighted by molar-refractivity contribution is 7.07. The average molecular weight is 291 g/mol. The fourth-order valence-corrected chi connectivity index (χ4v) is 2.59.